The van der Waals surface area contributed by atoms with Crippen LogP contribution < -0.4 is 0 Å². The number of aromatic nitrogens is 3. The fraction of sp³-hybridized carbons (Fsp3) is 0.348. The summed E-state index contributed by atoms with van der Waals surface area (Å²) >= 11 is 12.1. The molecule has 150 valence electrons. The first-order valence-electron chi connectivity index (χ1n) is 9.77. The van der Waals surface area contributed by atoms with E-state index in [0.29, 0.717) is 10.0 Å². The Morgan fingerprint density at radius 3 is 2.52 bits per heavy atom. The quantitative estimate of drug-likeness (QED) is 0.538. The van der Waals surface area contributed by atoms with Crippen LogP contribution in [0.25, 0.3) is 11.3 Å². The second-order valence-electron chi connectivity index (χ2n) is 8.56. The fourth-order valence-electron chi connectivity index (χ4n) is 3.47. The maximum atomic E-state index is 6.12. The van der Waals surface area contributed by atoms with Gasteiger partial charge in [-0.15, -0.1) is 0 Å². The van der Waals surface area contributed by atoms with E-state index in [1.807, 2.05) is 30.6 Å². The van der Waals surface area contributed by atoms with Crippen LogP contribution in [0.4, 0.5) is 0 Å². The highest BCUT2D eigenvalue weighted by Gasteiger charge is 2.23. The molecule has 3 aromatic rings. The number of hydrogen-bond donors (Lipinski definition) is 0. The molecule has 4 rings (SSSR count). The van der Waals surface area contributed by atoms with E-state index in [2.05, 4.69) is 41.7 Å². The average Bonchev–Trinajstić information content (AvgIpc) is 2.69. The largest absolute Gasteiger partial charge is 0.294 e. The number of pyridine rings is 1. The Labute approximate surface area is 181 Å². The van der Waals surface area contributed by atoms with Crippen LogP contribution in [-0.4, -0.2) is 26.4 Å². The molecule has 2 aromatic heterocycles. The van der Waals surface area contributed by atoms with Gasteiger partial charge in [-0.1, -0.05) is 56.1 Å². The molecule has 0 saturated heterocycles. The lowest BCUT2D eigenvalue weighted by molar-refractivity contribution is 0.242. The summed E-state index contributed by atoms with van der Waals surface area (Å²) in [5, 5.41) is 1.09. The summed E-state index contributed by atoms with van der Waals surface area (Å²) in [5.41, 5.74) is 5.43. The lowest BCUT2D eigenvalue weighted by atomic mass is 9.95. The van der Waals surface area contributed by atoms with E-state index >= 15 is 0 Å². The van der Waals surface area contributed by atoms with Crippen LogP contribution in [0.5, 0.6) is 0 Å². The second-order valence-corrected chi connectivity index (χ2v) is 9.37. The molecule has 0 radical (unpaired) electrons. The van der Waals surface area contributed by atoms with Crippen LogP contribution in [0.15, 0.2) is 42.7 Å². The zero-order valence-electron chi connectivity index (χ0n) is 16.9. The Hall–Kier alpha value is -2.01. The van der Waals surface area contributed by atoms with Crippen molar-refractivity contribution >= 4 is 23.2 Å². The van der Waals surface area contributed by atoms with Crippen molar-refractivity contribution in [3.05, 3.63) is 75.4 Å². The first kappa shape index (κ1) is 20.3. The number of fused-ring (bicyclic) bond motifs is 1. The minimum atomic E-state index is -0.0199. The van der Waals surface area contributed by atoms with Crippen molar-refractivity contribution in [1.29, 1.82) is 0 Å². The number of hydrogen-bond acceptors (Lipinski definition) is 4. The normalized spacial score (nSPS) is 14.7. The van der Waals surface area contributed by atoms with Gasteiger partial charge in [0, 0.05) is 60.7 Å². The van der Waals surface area contributed by atoms with Gasteiger partial charge in [-0.25, -0.2) is 9.97 Å². The Morgan fingerprint density at radius 1 is 1.00 bits per heavy atom. The van der Waals surface area contributed by atoms with Crippen LogP contribution >= 0.6 is 23.2 Å². The zero-order valence-corrected chi connectivity index (χ0v) is 18.4. The van der Waals surface area contributed by atoms with Crippen LogP contribution in [0.1, 0.15) is 43.4 Å². The van der Waals surface area contributed by atoms with Gasteiger partial charge in [0.05, 0.1) is 15.7 Å². The van der Waals surface area contributed by atoms with E-state index in [-0.39, 0.29) is 5.41 Å². The van der Waals surface area contributed by atoms with E-state index in [1.165, 1.54) is 16.8 Å². The molecule has 1 aliphatic heterocycles. The van der Waals surface area contributed by atoms with Gasteiger partial charge in [-0.3, -0.25) is 9.88 Å². The molecular formula is C23H24Cl2N4. The van der Waals surface area contributed by atoms with Gasteiger partial charge >= 0.3 is 0 Å². The lowest BCUT2D eigenvalue weighted by Gasteiger charge is -2.29. The molecule has 1 aromatic carbocycles. The van der Waals surface area contributed by atoms with Gasteiger partial charge in [-0.05, 0) is 23.8 Å². The van der Waals surface area contributed by atoms with Gasteiger partial charge in [0.15, 0.2) is 0 Å². The lowest BCUT2D eigenvalue weighted by Crippen LogP contribution is -2.32. The molecule has 0 saturated carbocycles. The first-order chi connectivity index (χ1) is 13.8. The molecule has 3 heterocycles. The van der Waals surface area contributed by atoms with Gasteiger partial charge in [0.1, 0.15) is 5.82 Å². The average molecular weight is 427 g/mol. The third-order valence-electron chi connectivity index (χ3n) is 5.13. The van der Waals surface area contributed by atoms with E-state index in [1.54, 1.807) is 6.07 Å². The van der Waals surface area contributed by atoms with Crippen LogP contribution in [0, 0.1) is 0 Å². The Kier molecular flexibility index (Phi) is 5.60. The zero-order chi connectivity index (χ0) is 20.6. The van der Waals surface area contributed by atoms with Crippen molar-refractivity contribution in [2.75, 3.05) is 6.54 Å². The highest BCUT2D eigenvalue weighted by Crippen LogP contribution is 2.28. The van der Waals surface area contributed by atoms with Crippen LogP contribution in [0.2, 0.25) is 10.0 Å². The summed E-state index contributed by atoms with van der Waals surface area (Å²) in [6.45, 7) is 9.17. The fourth-order valence-corrected chi connectivity index (χ4v) is 3.77. The van der Waals surface area contributed by atoms with Crippen molar-refractivity contribution in [2.45, 2.75) is 45.7 Å². The maximum absolute atomic E-state index is 6.12. The van der Waals surface area contributed by atoms with Gasteiger partial charge in [-0.2, -0.15) is 0 Å². The predicted molar refractivity (Wildman–Crippen MR) is 118 cm³/mol. The van der Waals surface area contributed by atoms with Crippen LogP contribution in [-0.2, 0) is 24.9 Å². The molecule has 0 bridgehead atoms. The minimum Gasteiger partial charge on any atom is -0.294 e. The summed E-state index contributed by atoms with van der Waals surface area (Å²) < 4.78 is 0. The molecule has 0 fully saturated rings. The summed E-state index contributed by atoms with van der Waals surface area (Å²) in [6.07, 6.45) is 4.89. The van der Waals surface area contributed by atoms with Crippen molar-refractivity contribution in [1.82, 2.24) is 19.9 Å². The maximum Gasteiger partial charge on any atom is 0.133 e. The van der Waals surface area contributed by atoms with Gasteiger partial charge in [0.25, 0.3) is 0 Å². The van der Waals surface area contributed by atoms with E-state index in [0.717, 1.165) is 43.1 Å². The van der Waals surface area contributed by atoms with Crippen LogP contribution in [0.3, 0.4) is 0 Å². The topological polar surface area (TPSA) is 41.9 Å². The Balaban J connectivity index is 1.44. The summed E-state index contributed by atoms with van der Waals surface area (Å²) in [6, 6.07) is 9.74. The summed E-state index contributed by atoms with van der Waals surface area (Å²) in [4.78, 5) is 16.4. The molecule has 29 heavy (non-hydrogen) atoms. The second kappa shape index (κ2) is 8.02. The molecule has 0 N–H and O–H groups in total. The molecule has 0 spiro atoms. The number of nitrogens with zero attached hydrogens (tertiary/aromatic N) is 4. The Bertz CT molecular complexity index is 1030. The van der Waals surface area contributed by atoms with Crippen molar-refractivity contribution in [3.63, 3.8) is 0 Å². The molecule has 0 aliphatic carbocycles. The summed E-state index contributed by atoms with van der Waals surface area (Å²) in [7, 11) is 0. The smallest absolute Gasteiger partial charge is 0.133 e. The molecule has 0 amide bonds. The van der Waals surface area contributed by atoms with E-state index < -0.39 is 0 Å². The predicted octanol–water partition coefficient (Wildman–Crippen LogP) is 5.70. The van der Waals surface area contributed by atoms with Crippen molar-refractivity contribution in [2.24, 2.45) is 0 Å². The van der Waals surface area contributed by atoms with Gasteiger partial charge in [0.2, 0.25) is 0 Å². The highest BCUT2D eigenvalue weighted by atomic mass is 35.5. The van der Waals surface area contributed by atoms with E-state index in [4.69, 9.17) is 28.2 Å². The molecule has 0 unspecified atom stereocenters. The van der Waals surface area contributed by atoms with Crippen molar-refractivity contribution < 1.29 is 0 Å². The number of halogens is 2. The monoisotopic (exact) mass is 426 g/mol. The van der Waals surface area contributed by atoms with E-state index in [9.17, 15) is 0 Å². The van der Waals surface area contributed by atoms with Gasteiger partial charge < -0.3 is 0 Å². The minimum absolute atomic E-state index is 0.0199. The van der Waals surface area contributed by atoms with Crippen molar-refractivity contribution in [3.8, 4) is 11.3 Å². The number of rotatable bonds is 3. The summed E-state index contributed by atoms with van der Waals surface area (Å²) in [5.74, 6) is 0.923. The highest BCUT2D eigenvalue weighted by molar-refractivity contribution is 6.42. The molecule has 6 heteroatoms. The molecule has 0 atom stereocenters. The molecule has 1 aliphatic rings. The standard InChI is InChI=1S/C23H24Cl2N4/c1-23(2,3)22-27-12-17-14-29(9-8-21(17)28-22)13-15-4-7-20(26-11-15)16-5-6-18(24)19(25)10-16/h4-7,10-12H,8-9,13-14H2,1-3H3. The molecule has 4 nitrogen and oxygen atoms in total. The Morgan fingerprint density at radius 2 is 1.83 bits per heavy atom. The third-order valence-corrected chi connectivity index (χ3v) is 5.87. The molecular weight excluding hydrogens is 403 g/mol. The third kappa shape index (κ3) is 4.61. The number of benzene rings is 1. The SMILES string of the molecule is CC(C)(C)c1ncc2c(n1)CCN(Cc1ccc(-c3ccc(Cl)c(Cl)c3)nc1)C2. The first-order valence-corrected chi connectivity index (χ1v) is 10.5.